The molecule has 0 heterocycles. The third kappa shape index (κ3) is 3.27. The van der Waals surface area contributed by atoms with Crippen LogP contribution in [0.15, 0.2) is 24.3 Å². The lowest BCUT2D eigenvalue weighted by atomic mass is 9.86. The minimum atomic E-state index is -0.460. The van der Waals surface area contributed by atoms with Gasteiger partial charge in [0.15, 0.2) is 5.75 Å². The average Bonchev–Trinajstić information content (AvgIpc) is 2.13. The van der Waals surface area contributed by atoms with Crippen LogP contribution in [0.1, 0.15) is 33.3 Å². The predicted octanol–water partition coefficient (Wildman–Crippen LogP) is 2.84. The van der Waals surface area contributed by atoms with Crippen LogP contribution in [0.5, 0.6) is 5.75 Å². The van der Waals surface area contributed by atoms with E-state index in [1.807, 2.05) is 18.2 Å². The zero-order valence-electron chi connectivity index (χ0n) is 9.53. The molecule has 82 valence electrons. The normalized spacial score (nSPS) is 10.9. The fraction of sp³-hybridized carbons (Fsp3) is 0.417. The molecule has 1 rings (SSSR count). The summed E-state index contributed by atoms with van der Waals surface area (Å²) in [7, 11) is 0. The van der Waals surface area contributed by atoms with Crippen LogP contribution in [0.25, 0.3) is 0 Å². The second kappa shape index (κ2) is 4.34. The van der Waals surface area contributed by atoms with Crippen molar-refractivity contribution in [2.24, 2.45) is 0 Å². The molecule has 0 saturated heterocycles. The molecule has 0 aliphatic heterocycles. The summed E-state index contributed by atoms with van der Waals surface area (Å²) in [4.78, 5) is 20.1. The van der Waals surface area contributed by atoms with Crippen LogP contribution in [-0.4, -0.2) is 5.97 Å². The largest absolute Gasteiger partial charge is 0.352 e. The van der Waals surface area contributed by atoms with E-state index in [-0.39, 0.29) is 5.41 Å². The molecule has 0 radical (unpaired) electrons. The first-order valence-corrected chi connectivity index (χ1v) is 4.86. The van der Waals surface area contributed by atoms with Gasteiger partial charge in [-0.05, 0) is 11.5 Å². The first kappa shape index (κ1) is 11.6. The van der Waals surface area contributed by atoms with E-state index in [2.05, 4.69) is 25.7 Å². The Kier molecular flexibility index (Phi) is 3.35. The molecule has 15 heavy (non-hydrogen) atoms. The molecule has 0 aliphatic rings. The van der Waals surface area contributed by atoms with Crippen molar-refractivity contribution in [3.8, 4) is 5.75 Å². The molecule has 0 fully saturated rings. The van der Waals surface area contributed by atoms with Gasteiger partial charge in [0.1, 0.15) is 0 Å². The molecule has 1 aromatic carbocycles. The molecule has 0 aromatic heterocycles. The second-order valence-corrected chi connectivity index (χ2v) is 4.40. The first-order valence-electron chi connectivity index (χ1n) is 4.86. The molecule has 3 heteroatoms. The Morgan fingerprint density at radius 3 is 2.33 bits per heavy atom. The van der Waals surface area contributed by atoms with E-state index in [9.17, 15) is 4.79 Å². The minimum Gasteiger partial charge on any atom is -0.287 e. The monoisotopic (exact) mass is 208 g/mol. The molecular formula is C12H16O3. The third-order valence-corrected chi connectivity index (χ3v) is 1.94. The Hall–Kier alpha value is -1.51. The van der Waals surface area contributed by atoms with Gasteiger partial charge in [0.2, 0.25) is 0 Å². The number of benzene rings is 1. The van der Waals surface area contributed by atoms with Crippen LogP contribution in [0.3, 0.4) is 0 Å². The molecule has 0 saturated carbocycles. The molecule has 0 aliphatic carbocycles. The van der Waals surface area contributed by atoms with Gasteiger partial charge in [0.05, 0.1) is 0 Å². The summed E-state index contributed by atoms with van der Waals surface area (Å²) >= 11 is 0. The van der Waals surface area contributed by atoms with Gasteiger partial charge >= 0.3 is 5.97 Å². The van der Waals surface area contributed by atoms with Crippen LogP contribution >= 0.6 is 0 Å². The van der Waals surface area contributed by atoms with Gasteiger partial charge in [0.25, 0.3) is 0 Å². The summed E-state index contributed by atoms with van der Waals surface area (Å²) in [6.07, 6.45) is 0. The first-order chi connectivity index (χ1) is 6.91. The number of carbonyl (C=O) groups is 1. The lowest BCUT2D eigenvalue weighted by Crippen LogP contribution is -2.14. The van der Waals surface area contributed by atoms with E-state index in [0.29, 0.717) is 5.75 Å². The summed E-state index contributed by atoms with van der Waals surface area (Å²) in [6, 6.07) is 7.51. The van der Waals surface area contributed by atoms with Crippen molar-refractivity contribution in [1.29, 1.82) is 0 Å². The van der Waals surface area contributed by atoms with Crippen molar-refractivity contribution in [1.82, 2.24) is 0 Å². The highest BCUT2D eigenvalue weighted by atomic mass is 17.2. The lowest BCUT2D eigenvalue weighted by molar-refractivity contribution is -0.211. The molecule has 0 spiro atoms. The van der Waals surface area contributed by atoms with E-state index in [4.69, 9.17) is 4.89 Å². The highest BCUT2D eigenvalue weighted by Crippen LogP contribution is 2.30. The second-order valence-electron chi connectivity index (χ2n) is 4.40. The van der Waals surface area contributed by atoms with Gasteiger partial charge < -0.3 is 0 Å². The van der Waals surface area contributed by atoms with Crippen molar-refractivity contribution in [3.63, 3.8) is 0 Å². The fourth-order valence-corrected chi connectivity index (χ4v) is 1.26. The van der Waals surface area contributed by atoms with Gasteiger partial charge in [-0.3, -0.25) is 9.78 Å². The Bertz CT molecular complexity index is 350. The molecule has 0 bridgehead atoms. The maximum Gasteiger partial charge on any atom is 0.352 e. The van der Waals surface area contributed by atoms with Crippen LogP contribution in [0.4, 0.5) is 0 Å². The van der Waals surface area contributed by atoms with Crippen molar-refractivity contribution in [2.75, 3.05) is 0 Å². The number of hydrogen-bond donors (Lipinski definition) is 0. The van der Waals surface area contributed by atoms with E-state index >= 15 is 0 Å². The van der Waals surface area contributed by atoms with E-state index < -0.39 is 5.97 Å². The Morgan fingerprint density at radius 1 is 1.20 bits per heavy atom. The van der Waals surface area contributed by atoms with Crippen molar-refractivity contribution < 1.29 is 14.6 Å². The van der Waals surface area contributed by atoms with Gasteiger partial charge in [-0.1, -0.05) is 39.0 Å². The van der Waals surface area contributed by atoms with Crippen molar-refractivity contribution >= 4 is 5.97 Å². The molecule has 0 atom stereocenters. The van der Waals surface area contributed by atoms with Crippen molar-refractivity contribution in [3.05, 3.63) is 29.8 Å². The summed E-state index contributed by atoms with van der Waals surface area (Å²) in [5, 5.41) is 0. The molecule has 0 unspecified atom stereocenters. The zero-order chi connectivity index (χ0) is 11.5. The van der Waals surface area contributed by atoms with Gasteiger partial charge in [-0.15, -0.1) is 0 Å². The summed E-state index contributed by atoms with van der Waals surface area (Å²) < 4.78 is 0. The van der Waals surface area contributed by atoms with Crippen LogP contribution in [0.2, 0.25) is 0 Å². The van der Waals surface area contributed by atoms with E-state index in [1.165, 1.54) is 6.92 Å². The highest BCUT2D eigenvalue weighted by molar-refractivity contribution is 5.65. The molecule has 0 N–H and O–H groups in total. The summed E-state index contributed by atoms with van der Waals surface area (Å²) in [6.45, 7) is 7.52. The maximum atomic E-state index is 10.6. The standard InChI is InChI=1S/C12H16O3/c1-9(13)14-15-11-8-6-5-7-10(11)12(2,3)4/h5-8H,1-4H3. The highest BCUT2D eigenvalue weighted by Gasteiger charge is 2.19. The fourth-order valence-electron chi connectivity index (χ4n) is 1.26. The van der Waals surface area contributed by atoms with Crippen LogP contribution in [0, 0.1) is 0 Å². The number of hydrogen-bond acceptors (Lipinski definition) is 3. The van der Waals surface area contributed by atoms with Gasteiger partial charge in [-0.2, -0.15) is 0 Å². The summed E-state index contributed by atoms with van der Waals surface area (Å²) in [5.74, 6) is 0.124. The maximum absolute atomic E-state index is 10.6. The number of para-hydroxylation sites is 1. The number of rotatable bonds is 2. The molecular weight excluding hydrogens is 192 g/mol. The average molecular weight is 208 g/mol. The SMILES string of the molecule is CC(=O)OOc1ccccc1C(C)(C)C. The topological polar surface area (TPSA) is 35.5 Å². The van der Waals surface area contributed by atoms with E-state index in [1.54, 1.807) is 6.07 Å². The summed E-state index contributed by atoms with van der Waals surface area (Å²) in [5.41, 5.74) is 0.961. The van der Waals surface area contributed by atoms with Crippen molar-refractivity contribution in [2.45, 2.75) is 33.1 Å². The smallest absolute Gasteiger partial charge is 0.287 e. The molecule has 1 aromatic rings. The van der Waals surface area contributed by atoms with E-state index in [0.717, 1.165) is 5.56 Å². The van der Waals surface area contributed by atoms with Crippen LogP contribution in [-0.2, 0) is 15.1 Å². The Labute approximate surface area is 89.9 Å². The zero-order valence-corrected chi connectivity index (χ0v) is 9.53. The third-order valence-electron chi connectivity index (χ3n) is 1.94. The Morgan fingerprint density at radius 2 is 1.80 bits per heavy atom. The molecule has 3 nitrogen and oxygen atoms in total. The van der Waals surface area contributed by atoms with Gasteiger partial charge in [0, 0.05) is 12.5 Å². The Balaban J connectivity index is 2.92. The van der Waals surface area contributed by atoms with Crippen LogP contribution < -0.4 is 4.89 Å². The predicted molar refractivity (Wildman–Crippen MR) is 57.5 cm³/mol. The lowest BCUT2D eigenvalue weighted by Gasteiger charge is -2.21. The quantitative estimate of drug-likeness (QED) is 0.553. The van der Waals surface area contributed by atoms with Gasteiger partial charge in [-0.25, -0.2) is 4.79 Å². The number of carbonyl (C=O) groups excluding carboxylic acids is 1. The minimum absolute atomic E-state index is 0.0449. The molecule has 0 amide bonds.